The SMILES string of the molecule is Cc1nn(C)c2ccc(N3CCC4(C=C(c5c(-c6ccccc6C(F)(F)F)noc5C5CC5)C4)CC3)cc12. The number of nitrogens with zero attached hydrogens (tertiary/aromatic N) is 4. The van der Waals surface area contributed by atoms with Crippen molar-refractivity contribution in [1.82, 2.24) is 14.9 Å². The molecule has 0 N–H and O–H groups in total. The Balaban J connectivity index is 1.16. The smallest absolute Gasteiger partial charge is 0.371 e. The summed E-state index contributed by atoms with van der Waals surface area (Å²) in [6.07, 6.45) is 2.72. The van der Waals surface area contributed by atoms with Crippen molar-refractivity contribution in [2.75, 3.05) is 18.0 Å². The second kappa shape index (κ2) is 8.22. The van der Waals surface area contributed by atoms with Crippen molar-refractivity contribution in [2.45, 2.75) is 51.1 Å². The molecule has 8 heteroatoms. The maximum Gasteiger partial charge on any atom is 0.417 e. The molecule has 4 aromatic rings. The zero-order valence-electron chi connectivity index (χ0n) is 21.5. The Bertz CT molecular complexity index is 1580. The average molecular weight is 519 g/mol. The number of anilines is 1. The lowest BCUT2D eigenvalue weighted by atomic mass is 9.63. The molecule has 0 unspecified atom stereocenters. The number of hydrogen-bond acceptors (Lipinski definition) is 4. The van der Waals surface area contributed by atoms with E-state index in [1.165, 1.54) is 23.2 Å². The van der Waals surface area contributed by atoms with Crippen molar-refractivity contribution in [3.05, 3.63) is 71.1 Å². The Morgan fingerprint density at radius 1 is 1.05 bits per heavy atom. The Labute approximate surface area is 218 Å². The molecule has 2 aromatic carbocycles. The highest BCUT2D eigenvalue weighted by atomic mass is 19.4. The molecule has 0 amide bonds. The quantitative estimate of drug-likeness (QED) is 0.281. The first kappa shape index (κ1) is 23.6. The Morgan fingerprint density at radius 2 is 1.79 bits per heavy atom. The number of allylic oxidation sites excluding steroid dienone is 2. The van der Waals surface area contributed by atoms with E-state index in [0.29, 0.717) is 5.69 Å². The van der Waals surface area contributed by atoms with Gasteiger partial charge in [0, 0.05) is 48.3 Å². The van der Waals surface area contributed by atoms with E-state index in [4.69, 9.17) is 4.52 Å². The highest BCUT2D eigenvalue weighted by Gasteiger charge is 2.44. The number of benzene rings is 2. The topological polar surface area (TPSA) is 47.1 Å². The van der Waals surface area contributed by atoms with E-state index >= 15 is 0 Å². The van der Waals surface area contributed by atoms with Crippen LogP contribution >= 0.6 is 0 Å². The Kier molecular flexibility index (Phi) is 5.10. The van der Waals surface area contributed by atoms with Crippen molar-refractivity contribution in [3.63, 3.8) is 0 Å². The molecule has 7 rings (SSSR count). The summed E-state index contributed by atoms with van der Waals surface area (Å²) in [4.78, 5) is 2.43. The van der Waals surface area contributed by atoms with Gasteiger partial charge in [0.25, 0.3) is 0 Å². The molecule has 0 atom stereocenters. The van der Waals surface area contributed by atoms with Crippen molar-refractivity contribution >= 4 is 22.2 Å². The minimum atomic E-state index is -4.45. The van der Waals surface area contributed by atoms with E-state index in [1.54, 1.807) is 6.07 Å². The number of rotatable bonds is 4. The van der Waals surface area contributed by atoms with Crippen LogP contribution in [-0.4, -0.2) is 28.0 Å². The lowest BCUT2D eigenvalue weighted by Gasteiger charge is -2.47. The van der Waals surface area contributed by atoms with Gasteiger partial charge in [-0.05, 0) is 74.3 Å². The third-order valence-corrected chi connectivity index (χ3v) is 8.64. The average Bonchev–Trinajstić information content (AvgIpc) is 3.57. The number of fused-ring (bicyclic) bond motifs is 1. The fourth-order valence-corrected chi connectivity index (χ4v) is 6.40. The molecule has 3 heterocycles. The van der Waals surface area contributed by atoms with E-state index in [-0.39, 0.29) is 16.9 Å². The van der Waals surface area contributed by atoms with E-state index in [9.17, 15) is 13.2 Å². The van der Waals surface area contributed by atoms with Crippen LogP contribution in [0, 0.1) is 12.3 Å². The molecular formula is C30H29F3N4O. The van der Waals surface area contributed by atoms with E-state index < -0.39 is 11.7 Å². The molecule has 2 aliphatic carbocycles. The summed E-state index contributed by atoms with van der Waals surface area (Å²) in [5.74, 6) is 1.02. The highest BCUT2D eigenvalue weighted by Crippen LogP contribution is 2.56. The second-order valence-electron chi connectivity index (χ2n) is 11.2. The van der Waals surface area contributed by atoms with Crippen LogP contribution in [0.15, 0.2) is 53.1 Å². The summed E-state index contributed by atoms with van der Waals surface area (Å²) in [5.41, 5.74) is 5.12. The predicted molar refractivity (Wildman–Crippen MR) is 141 cm³/mol. The van der Waals surface area contributed by atoms with Crippen molar-refractivity contribution in [3.8, 4) is 11.3 Å². The van der Waals surface area contributed by atoms with Gasteiger partial charge in [0.2, 0.25) is 0 Å². The third-order valence-electron chi connectivity index (χ3n) is 8.64. The molecule has 2 fully saturated rings. The van der Waals surface area contributed by atoms with Crippen LogP contribution in [0.5, 0.6) is 0 Å². The third kappa shape index (κ3) is 3.76. The summed E-state index contributed by atoms with van der Waals surface area (Å²) in [5, 5.41) is 9.94. The van der Waals surface area contributed by atoms with Gasteiger partial charge in [-0.3, -0.25) is 4.68 Å². The van der Waals surface area contributed by atoms with Crippen molar-refractivity contribution in [2.24, 2.45) is 12.5 Å². The number of piperidine rings is 1. The van der Waals surface area contributed by atoms with Gasteiger partial charge >= 0.3 is 6.18 Å². The number of hydrogen-bond donors (Lipinski definition) is 0. The Hall–Kier alpha value is -3.55. The van der Waals surface area contributed by atoms with Crippen LogP contribution in [0.1, 0.15) is 60.6 Å². The molecular weight excluding hydrogens is 489 g/mol. The molecule has 196 valence electrons. The van der Waals surface area contributed by atoms with Gasteiger partial charge in [0.1, 0.15) is 11.5 Å². The van der Waals surface area contributed by atoms with Gasteiger partial charge in [0.05, 0.1) is 16.8 Å². The maximum absolute atomic E-state index is 13.8. The van der Waals surface area contributed by atoms with Gasteiger partial charge in [-0.15, -0.1) is 0 Å². The number of aromatic nitrogens is 3. The zero-order chi connectivity index (χ0) is 26.2. The Morgan fingerprint density at radius 3 is 2.50 bits per heavy atom. The summed E-state index contributed by atoms with van der Waals surface area (Å²) < 4.78 is 49.1. The molecule has 0 radical (unpaired) electrons. The first-order valence-corrected chi connectivity index (χ1v) is 13.3. The molecule has 1 spiro atoms. The van der Waals surface area contributed by atoms with Crippen LogP contribution in [0.3, 0.4) is 0 Å². The van der Waals surface area contributed by atoms with Gasteiger partial charge in [-0.2, -0.15) is 18.3 Å². The highest BCUT2D eigenvalue weighted by molar-refractivity contribution is 5.86. The second-order valence-corrected chi connectivity index (χ2v) is 11.2. The van der Waals surface area contributed by atoms with Crippen LogP contribution in [-0.2, 0) is 13.2 Å². The van der Waals surface area contributed by atoms with E-state index in [2.05, 4.69) is 39.4 Å². The summed E-state index contributed by atoms with van der Waals surface area (Å²) in [7, 11) is 1.97. The lowest BCUT2D eigenvalue weighted by molar-refractivity contribution is -0.137. The number of halogens is 3. The molecule has 0 bridgehead atoms. The largest absolute Gasteiger partial charge is 0.417 e. The minimum absolute atomic E-state index is 0.0824. The molecule has 3 aliphatic rings. The standard InChI is InChI=1S/C30H29F3N4O/c1-18-23-15-21(9-10-25(23)36(2)34-18)37-13-11-29(12-14-37)16-20(17-29)26-27(35-38-28(26)19-7-8-19)22-5-3-4-6-24(22)30(31,32)33/h3-6,9-10,15-16,19H,7-8,11-14,17H2,1-2H3. The van der Waals surface area contributed by atoms with Gasteiger partial charge in [0.15, 0.2) is 0 Å². The van der Waals surface area contributed by atoms with Gasteiger partial charge in [-0.1, -0.05) is 29.4 Å². The van der Waals surface area contributed by atoms with Crippen molar-refractivity contribution in [1.29, 1.82) is 0 Å². The van der Waals surface area contributed by atoms with Crippen molar-refractivity contribution < 1.29 is 17.7 Å². The van der Waals surface area contributed by atoms with Gasteiger partial charge in [-0.25, -0.2) is 0 Å². The van der Waals surface area contributed by atoms with Gasteiger partial charge < -0.3 is 9.42 Å². The predicted octanol–water partition coefficient (Wildman–Crippen LogP) is 7.51. The first-order chi connectivity index (χ1) is 18.2. The summed E-state index contributed by atoms with van der Waals surface area (Å²) >= 11 is 0. The molecule has 2 aromatic heterocycles. The molecule has 1 saturated carbocycles. The van der Waals surface area contributed by atoms with E-state index in [1.807, 2.05) is 18.7 Å². The minimum Gasteiger partial charge on any atom is -0.371 e. The number of aryl methyl sites for hydroxylation is 2. The summed E-state index contributed by atoms with van der Waals surface area (Å²) in [6.45, 7) is 3.93. The van der Waals surface area contributed by atoms with Crippen LogP contribution in [0.4, 0.5) is 18.9 Å². The van der Waals surface area contributed by atoms with Crippen LogP contribution in [0.25, 0.3) is 27.7 Å². The maximum atomic E-state index is 13.8. The van der Waals surface area contributed by atoms with Crippen LogP contribution < -0.4 is 4.90 Å². The lowest BCUT2D eigenvalue weighted by Crippen LogP contribution is -2.42. The normalized spacial score (nSPS) is 19.2. The molecule has 5 nitrogen and oxygen atoms in total. The number of alkyl halides is 3. The van der Waals surface area contributed by atoms with E-state index in [0.717, 1.165) is 79.4 Å². The molecule has 1 aliphatic heterocycles. The zero-order valence-corrected chi connectivity index (χ0v) is 21.5. The molecule has 1 saturated heterocycles. The summed E-state index contributed by atoms with van der Waals surface area (Å²) in [6, 6.07) is 12.2. The van der Waals surface area contributed by atoms with Crippen LogP contribution in [0.2, 0.25) is 0 Å². The fraction of sp³-hybridized carbons (Fsp3) is 0.400. The first-order valence-electron chi connectivity index (χ1n) is 13.3. The monoisotopic (exact) mass is 518 g/mol. The fourth-order valence-electron chi connectivity index (χ4n) is 6.40. The molecule has 38 heavy (non-hydrogen) atoms.